The molecule has 3 unspecified atom stereocenters. The van der Waals surface area contributed by atoms with Gasteiger partial charge in [0.1, 0.15) is 55.4 Å². The number of ether oxygens (including phenoxy) is 6. The quantitative estimate of drug-likeness (QED) is 0.120. The molecule has 3 atom stereocenters. The molecule has 0 spiro atoms. The SMILES string of the molecule is C.CCc1ccc(C)cc1.CCc1ccc(CC)cc1.c1ccc(OCC2CO2)cc1.c1ccc(OCC2CO2)cc1.c1ccc(OCC2CO2)cc1. The van der Waals surface area contributed by atoms with Gasteiger partial charge in [-0.1, -0.05) is 137 Å². The van der Waals surface area contributed by atoms with Crippen molar-refractivity contribution >= 4 is 0 Å². The van der Waals surface area contributed by atoms with Crippen molar-refractivity contribution in [1.29, 1.82) is 0 Å². The van der Waals surface area contributed by atoms with Gasteiger partial charge in [0.05, 0.1) is 19.8 Å². The summed E-state index contributed by atoms with van der Waals surface area (Å²) in [6, 6.07) is 46.9. The van der Waals surface area contributed by atoms with Gasteiger partial charge in [-0.25, -0.2) is 0 Å². The van der Waals surface area contributed by atoms with Crippen LogP contribution in [0.25, 0.3) is 0 Å². The first-order valence-electron chi connectivity index (χ1n) is 18.6. The van der Waals surface area contributed by atoms with Crippen molar-refractivity contribution in [2.24, 2.45) is 0 Å². The minimum Gasteiger partial charge on any atom is -0.491 e. The van der Waals surface area contributed by atoms with Crippen LogP contribution in [0.2, 0.25) is 0 Å². The second-order valence-corrected chi connectivity index (χ2v) is 12.6. The summed E-state index contributed by atoms with van der Waals surface area (Å²) in [5.41, 5.74) is 5.61. The maximum atomic E-state index is 5.40. The summed E-state index contributed by atoms with van der Waals surface area (Å²) in [7, 11) is 0. The van der Waals surface area contributed by atoms with E-state index in [1.165, 1.54) is 22.3 Å². The molecule has 3 aliphatic rings. The minimum atomic E-state index is 0. The molecule has 0 saturated carbocycles. The predicted molar refractivity (Wildman–Crippen MR) is 218 cm³/mol. The zero-order valence-electron chi connectivity index (χ0n) is 31.3. The second kappa shape index (κ2) is 25.4. The van der Waals surface area contributed by atoms with Gasteiger partial charge in [0.15, 0.2) is 0 Å². The molecule has 8 rings (SSSR count). The summed E-state index contributed by atoms with van der Waals surface area (Å²) in [4.78, 5) is 0. The predicted octanol–water partition coefficient (Wildman–Crippen LogP) is 10.4. The highest BCUT2D eigenvalue weighted by Gasteiger charge is 2.24. The van der Waals surface area contributed by atoms with Gasteiger partial charge in [-0.15, -0.1) is 0 Å². The average Bonchev–Trinajstić information content (AvgIpc) is 4.06. The first-order valence-corrected chi connectivity index (χ1v) is 18.6. The van der Waals surface area contributed by atoms with Crippen LogP contribution >= 0.6 is 0 Å². The minimum absolute atomic E-state index is 0. The summed E-state index contributed by atoms with van der Waals surface area (Å²) in [6.45, 7) is 13.3. The number of epoxide rings is 3. The number of rotatable bonds is 12. The number of hydrogen-bond donors (Lipinski definition) is 0. The van der Waals surface area contributed by atoms with E-state index in [-0.39, 0.29) is 7.43 Å². The average molecular weight is 721 g/mol. The zero-order valence-corrected chi connectivity index (χ0v) is 31.3. The fourth-order valence-electron chi connectivity index (χ4n) is 4.44. The van der Waals surface area contributed by atoms with Gasteiger partial charge in [0, 0.05) is 0 Å². The van der Waals surface area contributed by atoms with Crippen LogP contribution in [-0.2, 0) is 33.5 Å². The maximum Gasteiger partial charge on any atom is 0.119 e. The van der Waals surface area contributed by atoms with Crippen molar-refractivity contribution in [3.8, 4) is 17.2 Å². The Morgan fingerprint density at radius 3 is 0.887 bits per heavy atom. The van der Waals surface area contributed by atoms with Crippen molar-refractivity contribution in [2.45, 2.75) is 72.7 Å². The van der Waals surface area contributed by atoms with Crippen LogP contribution in [0.5, 0.6) is 17.2 Å². The van der Waals surface area contributed by atoms with Crippen molar-refractivity contribution in [3.05, 3.63) is 162 Å². The third kappa shape index (κ3) is 20.3. The van der Waals surface area contributed by atoms with Crippen LogP contribution in [0.3, 0.4) is 0 Å². The van der Waals surface area contributed by atoms with Crippen LogP contribution in [-0.4, -0.2) is 58.0 Å². The Labute approximate surface area is 319 Å². The number of hydrogen-bond acceptors (Lipinski definition) is 6. The molecular formula is C47H60O6. The first-order chi connectivity index (χ1) is 25.5. The lowest BCUT2D eigenvalue weighted by Gasteiger charge is -2.01. The maximum absolute atomic E-state index is 5.40. The Morgan fingerprint density at radius 1 is 0.415 bits per heavy atom. The smallest absolute Gasteiger partial charge is 0.119 e. The third-order valence-electron chi connectivity index (χ3n) is 8.11. The summed E-state index contributed by atoms with van der Waals surface area (Å²) in [6.07, 6.45) is 4.45. The lowest BCUT2D eigenvalue weighted by Crippen LogP contribution is -2.03. The Balaban J connectivity index is 0.000000178. The number of benzene rings is 5. The molecule has 3 saturated heterocycles. The molecule has 0 N–H and O–H groups in total. The van der Waals surface area contributed by atoms with Crippen LogP contribution in [0, 0.1) is 6.92 Å². The molecule has 5 aromatic carbocycles. The van der Waals surface area contributed by atoms with Gasteiger partial charge in [-0.2, -0.15) is 0 Å². The Morgan fingerprint density at radius 2 is 0.660 bits per heavy atom. The molecule has 3 heterocycles. The molecule has 53 heavy (non-hydrogen) atoms. The first kappa shape index (κ1) is 42.8. The molecule has 6 nitrogen and oxygen atoms in total. The molecule has 0 bridgehead atoms. The Bertz CT molecular complexity index is 1440. The molecule has 284 valence electrons. The molecule has 0 aliphatic carbocycles. The summed E-state index contributed by atoms with van der Waals surface area (Å²) < 4.78 is 31.2. The van der Waals surface area contributed by atoms with E-state index in [1.54, 1.807) is 0 Å². The van der Waals surface area contributed by atoms with Crippen LogP contribution in [0.1, 0.15) is 50.5 Å². The summed E-state index contributed by atoms with van der Waals surface area (Å²) in [5.74, 6) is 2.76. The molecule has 3 fully saturated rings. The standard InChI is InChI=1S/C10H14.3C9H10O2.C9H12.CH4/c1-3-9-5-7-10(4-2)8-6-9;3*1-2-4-8(5-3-1)10-6-9-7-11-9;1-3-9-6-4-8(2)5-7-9;/h5-8H,3-4H2,1-2H3;3*1-5,9H,6-7H2;4-7H,3H2,1-2H3;1H4. The lowest BCUT2D eigenvalue weighted by atomic mass is 10.1. The van der Waals surface area contributed by atoms with Crippen molar-refractivity contribution < 1.29 is 28.4 Å². The van der Waals surface area contributed by atoms with Crippen molar-refractivity contribution in [1.82, 2.24) is 0 Å². The van der Waals surface area contributed by atoms with Gasteiger partial charge in [-0.3, -0.25) is 0 Å². The van der Waals surface area contributed by atoms with E-state index < -0.39 is 0 Å². The van der Waals surface area contributed by atoms with Crippen LogP contribution < -0.4 is 14.2 Å². The Hall–Kier alpha value is -4.62. The molecular weight excluding hydrogens is 661 g/mol. The zero-order chi connectivity index (χ0) is 36.6. The number of aryl methyl sites for hydroxylation is 4. The van der Waals surface area contributed by atoms with Crippen LogP contribution in [0.15, 0.2) is 140 Å². The Kier molecular flexibility index (Phi) is 20.5. The van der Waals surface area contributed by atoms with E-state index in [0.29, 0.717) is 38.1 Å². The topological polar surface area (TPSA) is 65.3 Å². The fourth-order valence-corrected chi connectivity index (χ4v) is 4.44. The van der Waals surface area contributed by atoms with Crippen LogP contribution in [0.4, 0.5) is 0 Å². The largest absolute Gasteiger partial charge is 0.491 e. The van der Waals surface area contributed by atoms with Gasteiger partial charge < -0.3 is 28.4 Å². The molecule has 0 radical (unpaired) electrons. The van der Waals surface area contributed by atoms with Gasteiger partial charge in [0.2, 0.25) is 0 Å². The summed E-state index contributed by atoms with van der Waals surface area (Å²) in [5, 5.41) is 0. The fraction of sp³-hybridized carbons (Fsp3) is 0.362. The van der Waals surface area contributed by atoms with Gasteiger partial charge in [-0.05, 0) is 79.3 Å². The van der Waals surface area contributed by atoms with E-state index in [1.807, 2.05) is 91.0 Å². The highest BCUT2D eigenvalue weighted by molar-refractivity contribution is 5.24. The van der Waals surface area contributed by atoms with E-state index in [4.69, 9.17) is 28.4 Å². The second-order valence-electron chi connectivity index (χ2n) is 12.6. The molecule has 5 aromatic rings. The summed E-state index contributed by atoms with van der Waals surface area (Å²) >= 11 is 0. The normalized spacial score (nSPS) is 16.7. The van der Waals surface area contributed by atoms with E-state index >= 15 is 0 Å². The molecule has 3 aliphatic heterocycles. The third-order valence-corrected chi connectivity index (χ3v) is 8.11. The molecule has 0 aromatic heterocycles. The lowest BCUT2D eigenvalue weighted by molar-refractivity contribution is 0.263. The van der Waals surface area contributed by atoms with E-state index in [2.05, 4.69) is 76.2 Å². The van der Waals surface area contributed by atoms with Crippen molar-refractivity contribution in [2.75, 3.05) is 39.6 Å². The van der Waals surface area contributed by atoms with Crippen molar-refractivity contribution in [3.63, 3.8) is 0 Å². The van der Waals surface area contributed by atoms with Gasteiger partial charge in [0.25, 0.3) is 0 Å². The van der Waals surface area contributed by atoms with E-state index in [9.17, 15) is 0 Å². The highest BCUT2D eigenvalue weighted by Crippen LogP contribution is 2.15. The van der Waals surface area contributed by atoms with Gasteiger partial charge >= 0.3 is 0 Å². The molecule has 0 amide bonds. The number of para-hydroxylation sites is 3. The monoisotopic (exact) mass is 720 g/mol. The van der Waals surface area contributed by atoms with E-state index in [0.717, 1.165) is 56.3 Å². The highest BCUT2D eigenvalue weighted by atomic mass is 16.6. The molecule has 6 heteroatoms.